The highest BCUT2D eigenvalue weighted by Crippen LogP contribution is 2.43. The van der Waals surface area contributed by atoms with E-state index in [1.807, 2.05) is 25.2 Å². The molecule has 0 spiro atoms. The van der Waals surface area contributed by atoms with Crippen molar-refractivity contribution in [1.82, 2.24) is 14.8 Å². The number of nitrogens with zero attached hydrogens (tertiary/aromatic N) is 2. The molecule has 2 amide bonds. The summed E-state index contributed by atoms with van der Waals surface area (Å²) in [6.07, 6.45) is 7.08. The number of hydrogen-bond donors (Lipinski definition) is 1. The largest absolute Gasteiger partial charge is 0.336 e. The van der Waals surface area contributed by atoms with Gasteiger partial charge in [-0.1, -0.05) is 13.8 Å². The van der Waals surface area contributed by atoms with Crippen LogP contribution in [0.25, 0.3) is 5.00 Å². The molecule has 1 N–H and O–H groups in total. The first kappa shape index (κ1) is 17.7. The van der Waals surface area contributed by atoms with Gasteiger partial charge in [0.25, 0.3) is 0 Å². The van der Waals surface area contributed by atoms with Crippen LogP contribution in [0.3, 0.4) is 0 Å². The predicted molar refractivity (Wildman–Crippen MR) is 107 cm³/mol. The van der Waals surface area contributed by atoms with Gasteiger partial charge in [-0.15, -0.1) is 11.3 Å². The number of urea groups is 1. The van der Waals surface area contributed by atoms with Crippen LogP contribution >= 0.6 is 11.3 Å². The summed E-state index contributed by atoms with van der Waals surface area (Å²) in [5, 5.41) is 4.47. The maximum absolute atomic E-state index is 13.1. The quantitative estimate of drug-likeness (QED) is 0.788. The molecule has 1 aliphatic carbocycles. The lowest BCUT2D eigenvalue weighted by Crippen LogP contribution is -2.45. The molecule has 5 heteroatoms. The second-order valence-corrected chi connectivity index (χ2v) is 9.30. The minimum atomic E-state index is 0.0510. The van der Waals surface area contributed by atoms with E-state index >= 15 is 0 Å². The Bertz CT molecular complexity index is 817. The molecule has 2 aliphatic rings. The number of aryl methyl sites for hydroxylation is 1. The lowest BCUT2D eigenvalue weighted by Gasteiger charge is -2.34. The van der Waals surface area contributed by atoms with E-state index in [0.717, 1.165) is 6.42 Å². The number of thiophene rings is 1. The van der Waals surface area contributed by atoms with E-state index in [0.29, 0.717) is 12.5 Å². The van der Waals surface area contributed by atoms with Gasteiger partial charge in [-0.2, -0.15) is 0 Å². The fraction of sp³-hybridized carbons (Fsp3) is 0.571. The average Bonchev–Trinajstić information content (AvgIpc) is 3.15. The van der Waals surface area contributed by atoms with Crippen molar-refractivity contribution in [3.05, 3.63) is 40.0 Å². The van der Waals surface area contributed by atoms with Gasteiger partial charge in [0.15, 0.2) is 0 Å². The summed E-state index contributed by atoms with van der Waals surface area (Å²) in [6.45, 7) is 9.20. The Morgan fingerprint density at radius 2 is 1.96 bits per heavy atom. The van der Waals surface area contributed by atoms with Crippen molar-refractivity contribution in [2.75, 3.05) is 0 Å². The summed E-state index contributed by atoms with van der Waals surface area (Å²) in [6, 6.07) is 4.59. The molecule has 2 aromatic heterocycles. The van der Waals surface area contributed by atoms with Crippen LogP contribution in [0, 0.1) is 5.92 Å². The van der Waals surface area contributed by atoms with Gasteiger partial charge < -0.3 is 14.8 Å². The molecule has 0 radical (unpaired) electrons. The second-order valence-electron chi connectivity index (χ2n) is 8.22. The maximum atomic E-state index is 13.1. The number of rotatable bonds is 2. The molecule has 0 fully saturated rings. The lowest BCUT2D eigenvalue weighted by molar-refractivity contribution is 0.147. The normalized spacial score (nSPS) is 19.2. The Hall–Kier alpha value is -1.75. The molecule has 1 aliphatic heterocycles. The van der Waals surface area contributed by atoms with Crippen molar-refractivity contribution in [2.45, 2.75) is 72.0 Å². The third kappa shape index (κ3) is 2.86. The lowest BCUT2D eigenvalue weighted by atomic mass is 9.94. The van der Waals surface area contributed by atoms with Crippen LogP contribution in [0.4, 0.5) is 4.79 Å². The van der Waals surface area contributed by atoms with Crippen molar-refractivity contribution < 1.29 is 4.79 Å². The van der Waals surface area contributed by atoms with E-state index in [4.69, 9.17) is 0 Å². The Labute approximate surface area is 160 Å². The van der Waals surface area contributed by atoms with Gasteiger partial charge in [-0.3, -0.25) is 0 Å². The zero-order chi connectivity index (χ0) is 18.4. The second kappa shape index (κ2) is 6.76. The first-order valence-corrected chi connectivity index (χ1v) is 10.7. The Kier molecular flexibility index (Phi) is 4.59. The van der Waals surface area contributed by atoms with E-state index in [-0.39, 0.29) is 18.1 Å². The highest BCUT2D eigenvalue weighted by atomic mass is 32.1. The zero-order valence-corrected chi connectivity index (χ0v) is 17.0. The SMILES string of the molecule is CC(C)NC(=O)N1Cc2c(sc3c2CCCC3)-n2cccc2[C@@H]1C(C)C. The minimum absolute atomic E-state index is 0.0510. The molecule has 0 saturated carbocycles. The molecule has 140 valence electrons. The van der Waals surface area contributed by atoms with Gasteiger partial charge in [0.2, 0.25) is 0 Å². The van der Waals surface area contributed by atoms with E-state index in [9.17, 15) is 4.79 Å². The van der Waals surface area contributed by atoms with Crippen LogP contribution in [-0.4, -0.2) is 21.5 Å². The topological polar surface area (TPSA) is 37.3 Å². The van der Waals surface area contributed by atoms with Crippen LogP contribution in [-0.2, 0) is 19.4 Å². The summed E-state index contributed by atoms with van der Waals surface area (Å²) in [5.74, 6) is 0.353. The van der Waals surface area contributed by atoms with Gasteiger partial charge in [-0.25, -0.2) is 4.79 Å². The predicted octanol–water partition coefficient (Wildman–Crippen LogP) is 5.05. The number of carbonyl (C=O) groups excluding carboxylic acids is 1. The molecule has 3 heterocycles. The van der Waals surface area contributed by atoms with Crippen LogP contribution in [0.1, 0.15) is 68.3 Å². The maximum Gasteiger partial charge on any atom is 0.318 e. The fourth-order valence-corrected chi connectivity index (χ4v) is 5.86. The van der Waals surface area contributed by atoms with Gasteiger partial charge in [-0.05, 0) is 63.1 Å². The third-order valence-electron chi connectivity index (χ3n) is 5.53. The molecular weight excluding hydrogens is 342 g/mol. The standard InChI is InChI=1S/C21H29N3OS/c1-13(2)19-17-9-7-11-23(17)20-16(12-24(19)21(25)22-14(3)4)15-8-5-6-10-18(15)26-20/h7,9,11,13-14,19H,5-6,8,10,12H2,1-4H3,(H,22,25)/t19-/m0/s1. The van der Waals surface area contributed by atoms with Crippen LogP contribution in [0.15, 0.2) is 18.3 Å². The fourth-order valence-electron chi connectivity index (χ4n) is 4.45. The van der Waals surface area contributed by atoms with Crippen molar-refractivity contribution in [2.24, 2.45) is 5.92 Å². The highest BCUT2D eigenvalue weighted by molar-refractivity contribution is 7.15. The van der Waals surface area contributed by atoms with Crippen molar-refractivity contribution in [3.63, 3.8) is 0 Å². The zero-order valence-electron chi connectivity index (χ0n) is 16.2. The van der Waals surface area contributed by atoms with Crippen LogP contribution in [0.5, 0.6) is 0 Å². The Balaban J connectivity index is 1.86. The average molecular weight is 372 g/mol. The highest BCUT2D eigenvalue weighted by Gasteiger charge is 2.36. The molecular formula is C21H29N3OS. The molecule has 0 aromatic carbocycles. The first-order valence-electron chi connectivity index (χ1n) is 9.85. The van der Waals surface area contributed by atoms with Gasteiger partial charge in [0.1, 0.15) is 5.00 Å². The summed E-state index contributed by atoms with van der Waals surface area (Å²) >= 11 is 1.94. The van der Waals surface area contributed by atoms with Gasteiger partial charge >= 0.3 is 6.03 Å². The van der Waals surface area contributed by atoms with Crippen LogP contribution in [0.2, 0.25) is 0 Å². The van der Waals surface area contributed by atoms with E-state index in [2.05, 4.69) is 47.0 Å². The van der Waals surface area contributed by atoms with Crippen molar-refractivity contribution in [1.29, 1.82) is 0 Å². The monoisotopic (exact) mass is 371 g/mol. The number of carbonyl (C=O) groups is 1. The number of aromatic nitrogens is 1. The third-order valence-corrected chi connectivity index (χ3v) is 6.86. The molecule has 4 rings (SSSR count). The van der Waals surface area contributed by atoms with Gasteiger partial charge in [0.05, 0.1) is 12.6 Å². The number of hydrogen-bond acceptors (Lipinski definition) is 2. The Morgan fingerprint density at radius 3 is 2.69 bits per heavy atom. The molecule has 1 atom stereocenters. The molecule has 0 bridgehead atoms. The minimum Gasteiger partial charge on any atom is -0.336 e. The first-order chi connectivity index (χ1) is 12.5. The summed E-state index contributed by atoms with van der Waals surface area (Å²) in [7, 11) is 0. The van der Waals surface area contributed by atoms with E-state index in [1.54, 1.807) is 0 Å². The summed E-state index contributed by atoms with van der Waals surface area (Å²) in [4.78, 5) is 16.7. The molecule has 0 saturated heterocycles. The molecule has 26 heavy (non-hydrogen) atoms. The van der Waals surface area contributed by atoms with Gasteiger partial charge in [0, 0.05) is 28.4 Å². The number of fused-ring (bicyclic) bond motifs is 5. The van der Waals surface area contributed by atoms with E-state index in [1.165, 1.54) is 46.0 Å². The van der Waals surface area contributed by atoms with Crippen molar-refractivity contribution in [3.8, 4) is 5.00 Å². The summed E-state index contributed by atoms with van der Waals surface area (Å²) in [5.41, 5.74) is 4.13. The van der Waals surface area contributed by atoms with Crippen molar-refractivity contribution >= 4 is 17.4 Å². The number of amides is 2. The van der Waals surface area contributed by atoms with Crippen LogP contribution < -0.4 is 5.32 Å². The van der Waals surface area contributed by atoms with E-state index < -0.39 is 0 Å². The Morgan fingerprint density at radius 1 is 1.19 bits per heavy atom. The molecule has 0 unspecified atom stereocenters. The molecule has 2 aromatic rings. The summed E-state index contributed by atoms with van der Waals surface area (Å²) < 4.78 is 2.35. The smallest absolute Gasteiger partial charge is 0.318 e. The molecule has 4 nitrogen and oxygen atoms in total. The number of nitrogens with one attached hydrogen (secondary N) is 1.